The topological polar surface area (TPSA) is 81.8 Å². The summed E-state index contributed by atoms with van der Waals surface area (Å²) < 4.78 is 0. The minimum atomic E-state index is -1.02. The quantitative estimate of drug-likeness (QED) is 0.545. The summed E-state index contributed by atoms with van der Waals surface area (Å²) in [5.74, 6) is -0.666. The number of hydrogen-bond acceptors (Lipinski definition) is 4. The molecule has 1 aliphatic heterocycles. The number of imide groups is 1. The molecule has 0 aromatic heterocycles. The predicted octanol–water partition coefficient (Wildman–Crippen LogP) is 2.02. The third kappa shape index (κ3) is 3.63. The molecule has 2 aromatic rings. The summed E-state index contributed by atoms with van der Waals surface area (Å²) in [7, 11) is 2.00. The van der Waals surface area contributed by atoms with Crippen molar-refractivity contribution in [2.75, 3.05) is 31.6 Å². The molecule has 1 atom stereocenters. The fraction of sp³-hybridized carbons (Fsp3) is 0.348. The number of nitrogens with one attached hydrogen (secondary N) is 2. The molecule has 7 nitrogen and oxygen atoms in total. The average Bonchev–Trinajstić information content (AvgIpc) is 3.25. The van der Waals surface area contributed by atoms with Crippen LogP contribution in [0.3, 0.4) is 0 Å². The van der Waals surface area contributed by atoms with Crippen molar-refractivity contribution in [1.29, 1.82) is 0 Å². The van der Waals surface area contributed by atoms with E-state index in [1.165, 1.54) is 0 Å². The van der Waals surface area contributed by atoms with E-state index in [4.69, 9.17) is 0 Å². The molecule has 1 spiro atoms. The van der Waals surface area contributed by atoms with Crippen LogP contribution in [0.5, 0.6) is 0 Å². The van der Waals surface area contributed by atoms with Crippen molar-refractivity contribution < 1.29 is 14.4 Å². The maximum absolute atomic E-state index is 13.1. The molecular weight excluding hydrogens is 380 g/mol. The van der Waals surface area contributed by atoms with E-state index < -0.39 is 11.6 Å². The first kappa shape index (κ1) is 19.9. The number of para-hydroxylation sites is 1. The fourth-order valence-corrected chi connectivity index (χ4v) is 4.29. The van der Waals surface area contributed by atoms with Crippen molar-refractivity contribution in [2.45, 2.75) is 24.8 Å². The highest BCUT2D eigenvalue weighted by molar-refractivity contribution is 6.09. The van der Waals surface area contributed by atoms with Gasteiger partial charge in [-0.25, -0.2) is 4.79 Å². The van der Waals surface area contributed by atoms with Crippen LogP contribution < -0.4 is 15.5 Å². The van der Waals surface area contributed by atoms with Gasteiger partial charge in [0.15, 0.2) is 0 Å². The number of hydrogen-bond donors (Lipinski definition) is 2. The van der Waals surface area contributed by atoms with Crippen molar-refractivity contribution in [3.8, 4) is 0 Å². The summed E-state index contributed by atoms with van der Waals surface area (Å²) in [4.78, 5) is 41.1. The van der Waals surface area contributed by atoms with Gasteiger partial charge in [0.1, 0.15) is 12.1 Å². The highest BCUT2D eigenvalue weighted by atomic mass is 16.2. The van der Waals surface area contributed by atoms with Gasteiger partial charge in [0.25, 0.3) is 5.91 Å². The summed E-state index contributed by atoms with van der Waals surface area (Å²) in [6.45, 7) is 1.00. The smallest absolute Gasteiger partial charge is 0.325 e. The maximum atomic E-state index is 13.1. The van der Waals surface area contributed by atoms with E-state index in [2.05, 4.69) is 15.5 Å². The van der Waals surface area contributed by atoms with Crippen molar-refractivity contribution >= 4 is 23.5 Å². The van der Waals surface area contributed by atoms with Gasteiger partial charge in [0.2, 0.25) is 5.91 Å². The number of carbonyl (C=O) groups excluding carboxylic acids is 3. The molecule has 156 valence electrons. The molecule has 1 fully saturated rings. The summed E-state index contributed by atoms with van der Waals surface area (Å²) in [6, 6.07) is 17.2. The van der Waals surface area contributed by atoms with Gasteiger partial charge in [0, 0.05) is 25.8 Å². The number of fused-ring (bicyclic) bond motifs is 2. The zero-order valence-electron chi connectivity index (χ0n) is 17.1. The minimum Gasteiger partial charge on any atom is -0.375 e. The lowest BCUT2D eigenvalue weighted by Gasteiger charge is -2.22. The zero-order chi connectivity index (χ0) is 21.1. The van der Waals surface area contributed by atoms with Crippen LogP contribution in [0, 0.1) is 0 Å². The van der Waals surface area contributed by atoms with Crippen LogP contribution in [-0.4, -0.2) is 49.4 Å². The monoisotopic (exact) mass is 406 g/mol. The Bertz CT molecular complexity index is 962. The number of anilines is 1. The number of carbonyl (C=O) groups is 3. The van der Waals surface area contributed by atoms with Crippen LogP contribution in [0.4, 0.5) is 10.5 Å². The number of amides is 4. The minimum absolute atomic E-state index is 0.261. The first-order valence-corrected chi connectivity index (χ1v) is 10.3. The Morgan fingerprint density at radius 1 is 1.13 bits per heavy atom. The van der Waals surface area contributed by atoms with Crippen LogP contribution in [0.25, 0.3) is 0 Å². The Labute approximate surface area is 176 Å². The Kier molecular flexibility index (Phi) is 5.44. The fourth-order valence-electron chi connectivity index (χ4n) is 4.29. The molecule has 0 radical (unpaired) electrons. The maximum Gasteiger partial charge on any atom is 0.325 e. The second-order valence-corrected chi connectivity index (χ2v) is 7.84. The van der Waals surface area contributed by atoms with Gasteiger partial charge in [-0.2, -0.15) is 0 Å². The predicted molar refractivity (Wildman–Crippen MR) is 114 cm³/mol. The van der Waals surface area contributed by atoms with E-state index >= 15 is 0 Å². The Balaban J connectivity index is 1.29. The second kappa shape index (κ2) is 8.18. The van der Waals surface area contributed by atoms with E-state index in [0.29, 0.717) is 13.0 Å². The molecule has 1 saturated heterocycles. The molecule has 7 heteroatoms. The molecule has 4 amide bonds. The molecule has 0 bridgehead atoms. The van der Waals surface area contributed by atoms with Crippen LogP contribution in [0.1, 0.15) is 24.0 Å². The van der Waals surface area contributed by atoms with Crippen molar-refractivity contribution in [1.82, 2.24) is 15.5 Å². The molecule has 4 rings (SSSR count). The Hall–Kier alpha value is -3.35. The third-order valence-electron chi connectivity index (χ3n) is 5.91. The van der Waals surface area contributed by atoms with Crippen molar-refractivity contribution in [3.05, 3.63) is 65.7 Å². The molecule has 1 heterocycles. The van der Waals surface area contributed by atoms with Gasteiger partial charge >= 0.3 is 6.03 Å². The lowest BCUT2D eigenvalue weighted by molar-refractivity contribution is -0.135. The highest BCUT2D eigenvalue weighted by Crippen LogP contribution is 2.41. The number of urea groups is 1. The standard InChI is InChI=1S/C23H26N4O3/c1-26(18-9-3-2-4-10-18)15-7-14-24-20(28)16-27-21(29)23(25-22(27)30)13-12-17-8-5-6-11-19(17)23/h2-6,8-11H,7,12-16H2,1H3,(H,24,28)(H,25,30)/t23-/m0/s1. The number of nitrogens with zero attached hydrogens (tertiary/aromatic N) is 2. The molecule has 2 N–H and O–H groups in total. The van der Waals surface area contributed by atoms with Crippen LogP contribution in [0.2, 0.25) is 0 Å². The third-order valence-corrected chi connectivity index (χ3v) is 5.91. The van der Waals surface area contributed by atoms with E-state index in [1.54, 1.807) is 0 Å². The molecule has 0 unspecified atom stereocenters. The number of rotatable bonds is 7. The number of benzene rings is 2. The first-order valence-electron chi connectivity index (χ1n) is 10.3. The highest BCUT2D eigenvalue weighted by Gasteiger charge is 2.55. The Morgan fingerprint density at radius 3 is 2.67 bits per heavy atom. The summed E-state index contributed by atoms with van der Waals surface area (Å²) in [6.07, 6.45) is 2.02. The van der Waals surface area contributed by atoms with Gasteiger partial charge in [0.05, 0.1) is 0 Å². The average molecular weight is 406 g/mol. The van der Waals surface area contributed by atoms with Gasteiger partial charge in [-0.1, -0.05) is 42.5 Å². The SMILES string of the molecule is CN(CCCNC(=O)CN1C(=O)N[C@]2(CCc3ccccc32)C1=O)c1ccccc1. The normalized spacial score (nSPS) is 19.7. The van der Waals surface area contributed by atoms with Crippen molar-refractivity contribution in [2.24, 2.45) is 0 Å². The van der Waals surface area contributed by atoms with Crippen molar-refractivity contribution in [3.63, 3.8) is 0 Å². The van der Waals surface area contributed by atoms with Gasteiger partial charge < -0.3 is 15.5 Å². The summed E-state index contributed by atoms with van der Waals surface area (Å²) in [5, 5.41) is 5.66. The van der Waals surface area contributed by atoms with Gasteiger partial charge in [-0.3, -0.25) is 14.5 Å². The lowest BCUT2D eigenvalue weighted by Crippen LogP contribution is -2.44. The molecule has 30 heavy (non-hydrogen) atoms. The van der Waals surface area contributed by atoms with Crippen LogP contribution in [0.15, 0.2) is 54.6 Å². The van der Waals surface area contributed by atoms with E-state index in [0.717, 1.165) is 41.1 Å². The molecule has 1 aliphatic carbocycles. The first-order chi connectivity index (χ1) is 14.5. The van der Waals surface area contributed by atoms with E-state index in [9.17, 15) is 14.4 Å². The second-order valence-electron chi connectivity index (χ2n) is 7.84. The lowest BCUT2D eigenvalue weighted by atomic mass is 9.92. The molecule has 0 saturated carbocycles. The van der Waals surface area contributed by atoms with Gasteiger partial charge in [-0.05, 0) is 42.5 Å². The van der Waals surface area contributed by atoms with E-state index in [1.807, 2.05) is 61.6 Å². The van der Waals surface area contributed by atoms with Crippen LogP contribution >= 0.6 is 0 Å². The number of aryl methyl sites for hydroxylation is 1. The molecular formula is C23H26N4O3. The largest absolute Gasteiger partial charge is 0.375 e. The molecule has 2 aliphatic rings. The summed E-state index contributed by atoms with van der Waals surface area (Å²) >= 11 is 0. The molecule has 2 aromatic carbocycles. The van der Waals surface area contributed by atoms with Gasteiger partial charge in [-0.15, -0.1) is 0 Å². The van der Waals surface area contributed by atoms with Crippen LogP contribution in [-0.2, 0) is 21.5 Å². The Morgan fingerprint density at radius 2 is 1.87 bits per heavy atom. The summed E-state index contributed by atoms with van der Waals surface area (Å²) in [5.41, 5.74) is 2.01. The van der Waals surface area contributed by atoms with E-state index in [-0.39, 0.29) is 18.4 Å². The zero-order valence-corrected chi connectivity index (χ0v) is 17.1.